The number of nitriles is 1. The van der Waals surface area contributed by atoms with Crippen molar-refractivity contribution in [3.05, 3.63) is 48.3 Å². The van der Waals surface area contributed by atoms with Gasteiger partial charge < -0.3 is 10.2 Å². The fraction of sp³-hybridized carbons (Fsp3) is 0.0714. The van der Waals surface area contributed by atoms with E-state index in [4.69, 9.17) is 5.26 Å². The number of para-hydroxylation sites is 2. The molecule has 0 fully saturated rings. The molecule has 0 radical (unpaired) electrons. The van der Waals surface area contributed by atoms with Crippen molar-refractivity contribution in [2.24, 2.45) is 0 Å². The molecule has 1 N–H and O–H groups in total. The molecule has 0 saturated carbocycles. The Balaban J connectivity index is 2.16. The van der Waals surface area contributed by atoms with E-state index in [0.29, 0.717) is 11.4 Å². The molecule has 5 heteroatoms. The number of nitrogens with zero attached hydrogens (tertiary/aromatic N) is 3. The molecule has 92 valence electrons. The van der Waals surface area contributed by atoms with E-state index in [0.717, 1.165) is 11.4 Å². The van der Waals surface area contributed by atoms with E-state index in [9.17, 15) is 4.79 Å². The van der Waals surface area contributed by atoms with Gasteiger partial charge in [0.2, 0.25) is 5.91 Å². The van der Waals surface area contributed by atoms with Gasteiger partial charge in [-0.1, -0.05) is 12.1 Å². The molecule has 0 aliphatic carbocycles. The van der Waals surface area contributed by atoms with Crippen molar-refractivity contribution in [3.63, 3.8) is 0 Å². The largest absolute Gasteiger partial charge is 0.328 e. The zero-order chi connectivity index (χ0) is 13.2. The molecule has 2 heterocycles. The zero-order valence-electron chi connectivity index (χ0n) is 10.00. The molecule has 0 spiro atoms. The highest BCUT2D eigenvalue weighted by Crippen LogP contribution is 2.35. The van der Waals surface area contributed by atoms with Gasteiger partial charge in [-0.15, -0.1) is 0 Å². The molecular formula is C14H10N4O. The zero-order valence-corrected chi connectivity index (χ0v) is 10.00. The molecule has 1 aliphatic heterocycles. The Labute approximate surface area is 110 Å². The molecule has 2 aromatic rings. The molecule has 0 unspecified atom stereocenters. The van der Waals surface area contributed by atoms with Gasteiger partial charge in [-0.05, 0) is 24.3 Å². The summed E-state index contributed by atoms with van der Waals surface area (Å²) < 4.78 is 0. The van der Waals surface area contributed by atoms with Gasteiger partial charge >= 0.3 is 0 Å². The molecule has 0 saturated heterocycles. The lowest BCUT2D eigenvalue weighted by molar-refractivity contribution is -0.115. The van der Waals surface area contributed by atoms with Crippen LogP contribution in [0.25, 0.3) is 0 Å². The molecular weight excluding hydrogens is 240 g/mol. The van der Waals surface area contributed by atoms with Crippen molar-refractivity contribution in [1.29, 1.82) is 5.26 Å². The van der Waals surface area contributed by atoms with E-state index >= 15 is 0 Å². The van der Waals surface area contributed by atoms with Crippen molar-refractivity contribution in [2.45, 2.75) is 0 Å². The normalized spacial score (nSPS) is 13.4. The first-order valence-corrected chi connectivity index (χ1v) is 5.81. The molecule has 1 amide bonds. The van der Waals surface area contributed by atoms with Crippen molar-refractivity contribution in [1.82, 2.24) is 4.98 Å². The van der Waals surface area contributed by atoms with Crippen molar-refractivity contribution >= 4 is 23.0 Å². The molecule has 0 atom stereocenters. The maximum Gasteiger partial charge on any atom is 0.244 e. The Bertz CT molecular complexity index is 690. The second kappa shape index (κ2) is 4.42. The number of carbonyl (C=O) groups excluding carboxylic acids is 1. The number of nitrogens with one attached hydrogen (secondary N) is 1. The number of fused-ring (bicyclic) bond motifs is 1. The molecule has 1 aromatic heterocycles. The van der Waals surface area contributed by atoms with E-state index in [1.807, 2.05) is 24.3 Å². The summed E-state index contributed by atoms with van der Waals surface area (Å²) >= 11 is 0. The second-order valence-electron chi connectivity index (χ2n) is 4.13. The first kappa shape index (κ1) is 11.2. The number of rotatable bonds is 1. The Hall–Kier alpha value is -2.87. The van der Waals surface area contributed by atoms with Gasteiger partial charge in [0.05, 0.1) is 17.1 Å². The summed E-state index contributed by atoms with van der Waals surface area (Å²) in [4.78, 5) is 17.6. The Kier molecular flexibility index (Phi) is 2.62. The fourth-order valence-electron chi connectivity index (χ4n) is 2.15. The number of benzene rings is 1. The predicted octanol–water partition coefficient (Wildman–Crippen LogP) is 2.04. The van der Waals surface area contributed by atoms with Crippen LogP contribution >= 0.6 is 0 Å². The summed E-state index contributed by atoms with van der Waals surface area (Å²) in [5.41, 5.74) is 2.57. The summed E-state index contributed by atoms with van der Waals surface area (Å²) in [6.45, 7) is 0.178. The lowest BCUT2D eigenvalue weighted by atomic mass is 10.1. The first-order valence-electron chi connectivity index (χ1n) is 5.81. The third-order valence-electron chi connectivity index (χ3n) is 2.95. The van der Waals surface area contributed by atoms with Gasteiger partial charge in [0.15, 0.2) is 5.69 Å². The molecule has 19 heavy (non-hydrogen) atoms. The van der Waals surface area contributed by atoms with Crippen molar-refractivity contribution < 1.29 is 4.79 Å². The van der Waals surface area contributed by atoms with Gasteiger partial charge in [0.25, 0.3) is 0 Å². The average molecular weight is 250 g/mol. The van der Waals surface area contributed by atoms with Gasteiger partial charge in [-0.3, -0.25) is 4.79 Å². The number of hydrogen-bond donors (Lipinski definition) is 1. The minimum Gasteiger partial charge on any atom is -0.328 e. The number of aromatic nitrogens is 1. The van der Waals surface area contributed by atoms with E-state index in [-0.39, 0.29) is 12.5 Å². The van der Waals surface area contributed by atoms with Gasteiger partial charge in [0, 0.05) is 6.20 Å². The highest BCUT2D eigenvalue weighted by molar-refractivity contribution is 6.03. The maximum absolute atomic E-state index is 11.8. The van der Waals surface area contributed by atoms with Crippen molar-refractivity contribution in [2.75, 3.05) is 16.8 Å². The van der Waals surface area contributed by atoms with Gasteiger partial charge in [-0.2, -0.15) is 5.26 Å². The number of amides is 1. The summed E-state index contributed by atoms with van der Waals surface area (Å²) in [6, 6.07) is 13.1. The fourth-order valence-corrected chi connectivity index (χ4v) is 2.15. The lowest BCUT2D eigenvalue weighted by Gasteiger charge is -2.30. The minimum atomic E-state index is -0.105. The third kappa shape index (κ3) is 1.89. The average Bonchev–Trinajstić information content (AvgIpc) is 2.46. The number of pyridine rings is 1. The third-order valence-corrected chi connectivity index (χ3v) is 2.95. The van der Waals surface area contributed by atoms with Crippen LogP contribution in [0.4, 0.5) is 17.1 Å². The van der Waals surface area contributed by atoms with E-state index in [1.54, 1.807) is 23.2 Å². The van der Waals surface area contributed by atoms with Crippen LogP contribution in [-0.4, -0.2) is 17.4 Å². The highest BCUT2D eigenvalue weighted by atomic mass is 16.2. The quantitative estimate of drug-likeness (QED) is 0.840. The van der Waals surface area contributed by atoms with Crippen LogP contribution in [0.1, 0.15) is 5.69 Å². The molecule has 0 bridgehead atoms. The Morgan fingerprint density at radius 2 is 2.00 bits per heavy atom. The van der Waals surface area contributed by atoms with Crippen LogP contribution < -0.4 is 10.2 Å². The standard InChI is InChI=1S/C14H10N4O/c15-8-11-13(6-3-7-16-11)18-9-14(19)17-10-4-1-2-5-12(10)18/h1-7H,9H2,(H,17,19). The molecule has 1 aliphatic rings. The number of anilines is 3. The van der Waals surface area contributed by atoms with Crippen LogP contribution in [0, 0.1) is 11.3 Å². The van der Waals surface area contributed by atoms with Crippen LogP contribution in [-0.2, 0) is 4.79 Å². The number of carbonyl (C=O) groups is 1. The molecule has 5 nitrogen and oxygen atoms in total. The summed E-state index contributed by atoms with van der Waals surface area (Å²) in [7, 11) is 0. The first-order chi connectivity index (χ1) is 9.29. The van der Waals surface area contributed by atoms with Crippen LogP contribution in [0.15, 0.2) is 42.6 Å². The summed E-state index contributed by atoms with van der Waals surface area (Å²) in [5.74, 6) is -0.105. The van der Waals surface area contributed by atoms with E-state index < -0.39 is 0 Å². The highest BCUT2D eigenvalue weighted by Gasteiger charge is 2.24. The van der Waals surface area contributed by atoms with Crippen LogP contribution in [0.2, 0.25) is 0 Å². The van der Waals surface area contributed by atoms with E-state index in [1.165, 1.54) is 0 Å². The molecule has 3 rings (SSSR count). The summed E-state index contributed by atoms with van der Waals surface area (Å²) in [6.07, 6.45) is 1.57. The Morgan fingerprint density at radius 3 is 2.84 bits per heavy atom. The van der Waals surface area contributed by atoms with Gasteiger partial charge in [-0.25, -0.2) is 4.98 Å². The van der Waals surface area contributed by atoms with Crippen LogP contribution in [0.5, 0.6) is 0 Å². The monoisotopic (exact) mass is 250 g/mol. The second-order valence-corrected chi connectivity index (χ2v) is 4.13. The topological polar surface area (TPSA) is 69.0 Å². The SMILES string of the molecule is N#Cc1ncccc1N1CC(=O)Nc2ccccc21. The molecule has 1 aromatic carbocycles. The predicted molar refractivity (Wildman–Crippen MR) is 71.0 cm³/mol. The minimum absolute atomic E-state index is 0.105. The van der Waals surface area contributed by atoms with Gasteiger partial charge in [0.1, 0.15) is 12.6 Å². The van der Waals surface area contributed by atoms with E-state index in [2.05, 4.69) is 16.4 Å². The van der Waals surface area contributed by atoms with Crippen LogP contribution in [0.3, 0.4) is 0 Å². The smallest absolute Gasteiger partial charge is 0.244 e. The summed E-state index contributed by atoms with van der Waals surface area (Å²) in [5, 5.41) is 11.9. The maximum atomic E-state index is 11.8. The number of hydrogen-bond acceptors (Lipinski definition) is 4. The lowest BCUT2D eigenvalue weighted by Crippen LogP contribution is -2.35. The Morgan fingerprint density at radius 1 is 1.21 bits per heavy atom. The van der Waals surface area contributed by atoms with Crippen molar-refractivity contribution in [3.8, 4) is 6.07 Å².